The standard InChI is InChI=1S/C12H19N5O2/c1-16-5-7-17(8-6-16)15-11-10(13)9(3-4-14-11)12(18)19-2/h3-4H,5-8,13H2,1-2H3,(H,14,15). The van der Waals surface area contributed by atoms with Crippen LogP contribution in [0.4, 0.5) is 11.5 Å². The summed E-state index contributed by atoms with van der Waals surface area (Å²) in [5.74, 6) is 0.0359. The van der Waals surface area contributed by atoms with Crippen molar-refractivity contribution in [2.75, 3.05) is 51.5 Å². The number of piperazine rings is 1. The second kappa shape index (κ2) is 5.85. The quantitative estimate of drug-likeness (QED) is 0.746. The monoisotopic (exact) mass is 265 g/mol. The van der Waals surface area contributed by atoms with Gasteiger partial charge in [-0.05, 0) is 13.1 Å². The fourth-order valence-corrected chi connectivity index (χ4v) is 1.92. The number of hydrogen-bond acceptors (Lipinski definition) is 7. The molecule has 0 aliphatic carbocycles. The lowest BCUT2D eigenvalue weighted by atomic mass is 10.2. The number of hydrogen-bond donors (Lipinski definition) is 2. The van der Waals surface area contributed by atoms with E-state index < -0.39 is 5.97 Å². The Kier molecular flexibility index (Phi) is 4.18. The van der Waals surface area contributed by atoms with Crippen molar-refractivity contribution in [3.05, 3.63) is 17.8 Å². The van der Waals surface area contributed by atoms with Gasteiger partial charge in [0.05, 0.1) is 18.4 Å². The van der Waals surface area contributed by atoms with Crippen molar-refractivity contribution in [3.63, 3.8) is 0 Å². The molecule has 2 heterocycles. The molecule has 0 atom stereocenters. The van der Waals surface area contributed by atoms with E-state index in [1.807, 2.05) is 5.01 Å². The lowest BCUT2D eigenvalue weighted by Crippen LogP contribution is -2.47. The summed E-state index contributed by atoms with van der Waals surface area (Å²) in [5.41, 5.74) is 9.73. The van der Waals surface area contributed by atoms with Crippen LogP contribution >= 0.6 is 0 Å². The second-order valence-electron chi connectivity index (χ2n) is 4.51. The van der Waals surface area contributed by atoms with Crippen molar-refractivity contribution in [2.45, 2.75) is 0 Å². The molecule has 0 aromatic carbocycles. The number of methoxy groups -OCH3 is 1. The van der Waals surface area contributed by atoms with Gasteiger partial charge in [0.25, 0.3) is 0 Å². The molecule has 7 nitrogen and oxygen atoms in total. The van der Waals surface area contributed by atoms with E-state index in [0.717, 1.165) is 26.2 Å². The molecule has 0 spiro atoms. The number of carbonyl (C=O) groups is 1. The van der Waals surface area contributed by atoms with Crippen LogP contribution in [-0.4, -0.2) is 61.2 Å². The van der Waals surface area contributed by atoms with Gasteiger partial charge in [-0.25, -0.2) is 14.8 Å². The third-order valence-electron chi connectivity index (χ3n) is 3.16. The smallest absolute Gasteiger partial charge is 0.340 e. The number of ether oxygens (including phenoxy) is 1. The van der Waals surface area contributed by atoms with Gasteiger partial charge in [0.2, 0.25) is 0 Å². The van der Waals surface area contributed by atoms with Crippen molar-refractivity contribution >= 4 is 17.5 Å². The number of nitrogen functional groups attached to an aromatic ring is 1. The molecule has 104 valence electrons. The molecule has 0 radical (unpaired) electrons. The fraction of sp³-hybridized carbons (Fsp3) is 0.500. The number of esters is 1. The molecule has 1 fully saturated rings. The molecule has 7 heteroatoms. The molecule has 0 bridgehead atoms. The van der Waals surface area contributed by atoms with Crippen LogP contribution in [0.1, 0.15) is 10.4 Å². The molecule has 1 aliphatic rings. The number of pyridine rings is 1. The first-order valence-corrected chi connectivity index (χ1v) is 6.14. The average molecular weight is 265 g/mol. The van der Waals surface area contributed by atoms with Crippen molar-refractivity contribution in [1.82, 2.24) is 14.9 Å². The van der Waals surface area contributed by atoms with Gasteiger partial charge in [-0.15, -0.1) is 0 Å². The number of likely N-dealkylation sites (N-methyl/N-ethyl adjacent to an activating group) is 1. The predicted molar refractivity (Wildman–Crippen MR) is 72.7 cm³/mol. The lowest BCUT2D eigenvalue weighted by Gasteiger charge is -2.33. The van der Waals surface area contributed by atoms with Crippen LogP contribution in [0.25, 0.3) is 0 Å². The number of rotatable bonds is 3. The summed E-state index contributed by atoms with van der Waals surface area (Å²) >= 11 is 0. The van der Waals surface area contributed by atoms with Gasteiger partial charge in [-0.1, -0.05) is 0 Å². The first-order chi connectivity index (χ1) is 9.11. The predicted octanol–water partition coefficient (Wildman–Crippen LogP) is 0.0247. The fourth-order valence-electron chi connectivity index (χ4n) is 1.92. The lowest BCUT2D eigenvalue weighted by molar-refractivity contribution is 0.0602. The Morgan fingerprint density at radius 1 is 1.42 bits per heavy atom. The average Bonchev–Trinajstić information content (AvgIpc) is 2.43. The third kappa shape index (κ3) is 3.12. The second-order valence-corrected chi connectivity index (χ2v) is 4.51. The number of carbonyl (C=O) groups excluding carboxylic acids is 1. The van der Waals surface area contributed by atoms with Crippen LogP contribution in [0.2, 0.25) is 0 Å². The number of nitrogens with one attached hydrogen (secondary N) is 1. The summed E-state index contributed by atoms with van der Waals surface area (Å²) in [6, 6.07) is 1.55. The largest absolute Gasteiger partial charge is 0.465 e. The molecule has 1 aromatic heterocycles. The van der Waals surface area contributed by atoms with E-state index in [4.69, 9.17) is 5.73 Å². The zero-order valence-corrected chi connectivity index (χ0v) is 11.2. The molecule has 2 rings (SSSR count). The van der Waals surface area contributed by atoms with Crippen molar-refractivity contribution in [1.29, 1.82) is 0 Å². The zero-order chi connectivity index (χ0) is 13.8. The summed E-state index contributed by atoms with van der Waals surface area (Å²) in [7, 11) is 3.41. The highest BCUT2D eigenvalue weighted by Gasteiger charge is 2.18. The topological polar surface area (TPSA) is 83.7 Å². The van der Waals surface area contributed by atoms with Crippen LogP contribution in [0.3, 0.4) is 0 Å². The van der Waals surface area contributed by atoms with E-state index in [9.17, 15) is 4.79 Å². The van der Waals surface area contributed by atoms with Gasteiger partial charge >= 0.3 is 5.97 Å². The van der Waals surface area contributed by atoms with Crippen molar-refractivity contribution in [2.24, 2.45) is 0 Å². The first-order valence-electron chi connectivity index (χ1n) is 6.14. The summed E-state index contributed by atoms with van der Waals surface area (Å²) < 4.78 is 4.68. The number of nitrogens with zero attached hydrogens (tertiary/aromatic N) is 3. The van der Waals surface area contributed by atoms with Gasteiger partial charge in [0.1, 0.15) is 0 Å². The van der Waals surface area contributed by atoms with Crippen LogP contribution in [0, 0.1) is 0 Å². The summed E-state index contributed by atoms with van der Waals surface area (Å²) in [6.07, 6.45) is 1.54. The van der Waals surface area contributed by atoms with Crippen LogP contribution < -0.4 is 11.2 Å². The van der Waals surface area contributed by atoms with E-state index >= 15 is 0 Å². The minimum absolute atomic E-state index is 0.313. The van der Waals surface area contributed by atoms with Gasteiger partial charge in [0.15, 0.2) is 5.82 Å². The highest BCUT2D eigenvalue weighted by molar-refractivity contribution is 5.97. The maximum absolute atomic E-state index is 11.5. The Bertz CT molecular complexity index is 457. The van der Waals surface area contributed by atoms with E-state index in [0.29, 0.717) is 17.1 Å². The molecule has 1 saturated heterocycles. The normalized spacial score (nSPS) is 17.2. The molecule has 0 saturated carbocycles. The van der Waals surface area contributed by atoms with Crippen LogP contribution in [0.5, 0.6) is 0 Å². The molecule has 0 unspecified atom stereocenters. The number of aromatic nitrogens is 1. The molecular weight excluding hydrogens is 246 g/mol. The zero-order valence-electron chi connectivity index (χ0n) is 11.2. The maximum Gasteiger partial charge on any atom is 0.340 e. The summed E-state index contributed by atoms with van der Waals surface area (Å²) in [4.78, 5) is 18.0. The Balaban J connectivity index is 2.10. The highest BCUT2D eigenvalue weighted by atomic mass is 16.5. The Morgan fingerprint density at radius 3 is 2.74 bits per heavy atom. The number of anilines is 2. The van der Waals surface area contributed by atoms with E-state index in [1.165, 1.54) is 7.11 Å². The van der Waals surface area contributed by atoms with E-state index in [-0.39, 0.29) is 0 Å². The minimum atomic E-state index is -0.457. The molecule has 1 aromatic rings. The molecular formula is C12H19N5O2. The molecule has 19 heavy (non-hydrogen) atoms. The molecule has 0 amide bonds. The van der Waals surface area contributed by atoms with Gasteiger partial charge in [-0.2, -0.15) is 0 Å². The summed E-state index contributed by atoms with van der Waals surface area (Å²) in [6.45, 7) is 3.70. The number of hydrazine groups is 1. The molecule has 3 N–H and O–H groups in total. The van der Waals surface area contributed by atoms with E-state index in [2.05, 4.69) is 27.1 Å². The first kappa shape index (κ1) is 13.6. The van der Waals surface area contributed by atoms with Gasteiger partial charge < -0.3 is 20.8 Å². The minimum Gasteiger partial charge on any atom is -0.465 e. The van der Waals surface area contributed by atoms with Crippen molar-refractivity contribution in [3.8, 4) is 0 Å². The Morgan fingerprint density at radius 2 is 2.11 bits per heavy atom. The highest BCUT2D eigenvalue weighted by Crippen LogP contribution is 2.21. The Hall–Kier alpha value is -1.86. The third-order valence-corrected chi connectivity index (χ3v) is 3.16. The van der Waals surface area contributed by atoms with E-state index in [1.54, 1.807) is 12.3 Å². The molecule has 1 aliphatic heterocycles. The number of nitrogens with two attached hydrogens (primary N) is 1. The summed E-state index contributed by atoms with van der Waals surface area (Å²) in [5, 5.41) is 2.04. The van der Waals surface area contributed by atoms with Crippen molar-refractivity contribution < 1.29 is 9.53 Å². The van der Waals surface area contributed by atoms with Crippen LogP contribution in [-0.2, 0) is 4.74 Å². The maximum atomic E-state index is 11.5. The van der Waals surface area contributed by atoms with Gasteiger partial charge in [-0.3, -0.25) is 0 Å². The Labute approximate surface area is 112 Å². The van der Waals surface area contributed by atoms with Crippen LogP contribution in [0.15, 0.2) is 12.3 Å². The van der Waals surface area contributed by atoms with Gasteiger partial charge in [0, 0.05) is 32.4 Å². The SMILES string of the molecule is COC(=O)c1ccnc(NN2CCN(C)CC2)c1N.